The minimum absolute atomic E-state index is 0.247. The van der Waals surface area contributed by atoms with Crippen molar-refractivity contribution < 1.29 is 9.47 Å². The molecule has 0 saturated heterocycles. The highest BCUT2D eigenvalue weighted by molar-refractivity contribution is 6.32. The van der Waals surface area contributed by atoms with Crippen LogP contribution in [0.4, 0.5) is 0 Å². The molecule has 0 radical (unpaired) electrons. The first-order valence-electron chi connectivity index (χ1n) is 9.37. The Balaban J connectivity index is 1.58. The molecular weight excluding hydrogens is 372 g/mol. The van der Waals surface area contributed by atoms with Gasteiger partial charge in [0.1, 0.15) is 5.15 Å². The molecule has 1 aliphatic heterocycles. The standard InChI is InChI=1S/C23H23ClN2O2/c1-27-21-13-17-9-11-25-20(19(17)14-22(21)28-2)12-15-5-7-16(8-6-15)18-4-3-10-26-23(18)24/h3-8,10,13-14,20,25H,9,11-12H2,1-2H3. The molecule has 0 amide bonds. The van der Waals surface area contributed by atoms with Crippen LogP contribution in [0.2, 0.25) is 5.15 Å². The first kappa shape index (κ1) is 18.8. The number of methoxy groups -OCH3 is 2. The van der Waals surface area contributed by atoms with Crippen LogP contribution in [0.25, 0.3) is 11.1 Å². The average molecular weight is 395 g/mol. The maximum absolute atomic E-state index is 6.22. The fourth-order valence-electron chi connectivity index (χ4n) is 3.81. The van der Waals surface area contributed by atoms with Crippen molar-refractivity contribution in [2.24, 2.45) is 0 Å². The predicted molar refractivity (Wildman–Crippen MR) is 112 cm³/mol. The molecule has 2 heterocycles. The predicted octanol–water partition coefficient (Wildman–Crippen LogP) is 4.85. The summed E-state index contributed by atoms with van der Waals surface area (Å²) in [4.78, 5) is 4.16. The largest absolute Gasteiger partial charge is 0.493 e. The van der Waals surface area contributed by atoms with Gasteiger partial charge in [-0.2, -0.15) is 0 Å². The van der Waals surface area contributed by atoms with Crippen molar-refractivity contribution in [2.45, 2.75) is 18.9 Å². The summed E-state index contributed by atoms with van der Waals surface area (Å²) in [6, 6.07) is 16.9. The molecule has 0 saturated carbocycles. The zero-order chi connectivity index (χ0) is 19.5. The summed E-state index contributed by atoms with van der Waals surface area (Å²) in [6.45, 7) is 0.955. The molecule has 0 spiro atoms. The first-order chi connectivity index (χ1) is 13.7. The smallest absolute Gasteiger partial charge is 0.161 e. The Morgan fingerprint density at radius 1 is 1.07 bits per heavy atom. The van der Waals surface area contributed by atoms with Crippen LogP contribution in [0.1, 0.15) is 22.7 Å². The van der Waals surface area contributed by atoms with Crippen LogP contribution in [0.5, 0.6) is 11.5 Å². The van der Waals surface area contributed by atoms with Crippen molar-refractivity contribution >= 4 is 11.6 Å². The molecule has 3 aromatic rings. The van der Waals surface area contributed by atoms with Crippen LogP contribution in [0.3, 0.4) is 0 Å². The van der Waals surface area contributed by atoms with Gasteiger partial charge in [-0.15, -0.1) is 0 Å². The molecule has 5 heteroatoms. The van der Waals surface area contributed by atoms with Crippen molar-refractivity contribution in [1.29, 1.82) is 0 Å². The van der Waals surface area contributed by atoms with E-state index >= 15 is 0 Å². The third-order valence-corrected chi connectivity index (χ3v) is 5.57. The van der Waals surface area contributed by atoms with Crippen molar-refractivity contribution in [3.05, 3.63) is 76.6 Å². The number of hydrogen-bond donors (Lipinski definition) is 1. The van der Waals surface area contributed by atoms with Gasteiger partial charge in [0.15, 0.2) is 11.5 Å². The van der Waals surface area contributed by atoms with E-state index in [1.807, 2.05) is 12.1 Å². The van der Waals surface area contributed by atoms with Crippen molar-refractivity contribution in [2.75, 3.05) is 20.8 Å². The number of benzene rings is 2. The molecule has 1 unspecified atom stereocenters. The quantitative estimate of drug-likeness (QED) is 0.628. The molecule has 4 nitrogen and oxygen atoms in total. The third-order valence-electron chi connectivity index (χ3n) is 5.27. The second kappa shape index (κ2) is 8.21. The molecule has 2 aromatic carbocycles. The Morgan fingerprint density at radius 2 is 1.82 bits per heavy atom. The van der Waals surface area contributed by atoms with E-state index in [1.165, 1.54) is 16.7 Å². The summed E-state index contributed by atoms with van der Waals surface area (Å²) in [5.74, 6) is 1.57. The van der Waals surface area contributed by atoms with Crippen LogP contribution in [0.15, 0.2) is 54.7 Å². The van der Waals surface area contributed by atoms with Crippen LogP contribution in [-0.2, 0) is 12.8 Å². The lowest BCUT2D eigenvalue weighted by molar-refractivity contribution is 0.352. The van der Waals surface area contributed by atoms with Crippen molar-refractivity contribution in [3.8, 4) is 22.6 Å². The van der Waals surface area contributed by atoms with Crippen molar-refractivity contribution in [1.82, 2.24) is 10.3 Å². The van der Waals surface area contributed by atoms with Gasteiger partial charge in [0, 0.05) is 17.8 Å². The Hall–Kier alpha value is -2.56. The van der Waals surface area contributed by atoms with Gasteiger partial charge in [-0.1, -0.05) is 35.9 Å². The molecule has 1 aromatic heterocycles. The number of fused-ring (bicyclic) bond motifs is 1. The first-order valence-corrected chi connectivity index (χ1v) is 9.75. The number of halogens is 1. The lowest BCUT2D eigenvalue weighted by atomic mass is 9.89. The highest BCUT2D eigenvalue weighted by Crippen LogP contribution is 2.36. The van der Waals surface area contributed by atoms with E-state index in [4.69, 9.17) is 21.1 Å². The Kier molecular flexibility index (Phi) is 5.51. The van der Waals surface area contributed by atoms with E-state index in [1.54, 1.807) is 20.4 Å². The zero-order valence-corrected chi connectivity index (χ0v) is 16.8. The Labute approximate surface area is 170 Å². The van der Waals surface area contributed by atoms with Crippen LogP contribution in [0, 0.1) is 0 Å². The van der Waals surface area contributed by atoms with Gasteiger partial charge in [-0.05, 0) is 65.9 Å². The number of hydrogen-bond acceptors (Lipinski definition) is 4. The van der Waals surface area contributed by atoms with Gasteiger partial charge in [0.2, 0.25) is 0 Å². The van der Waals surface area contributed by atoms with Gasteiger partial charge >= 0.3 is 0 Å². The number of aromatic nitrogens is 1. The Bertz CT molecular complexity index is 973. The second-order valence-corrected chi connectivity index (χ2v) is 7.26. The number of ether oxygens (including phenoxy) is 2. The van der Waals surface area contributed by atoms with Gasteiger partial charge in [-0.3, -0.25) is 0 Å². The maximum Gasteiger partial charge on any atom is 0.161 e. The van der Waals surface area contributed by atoms with Gasteiger partial charge in [-0.25, -0.2) is 4.98 Å². The molecular formula is C23H23ClN2O2. The summed E-state index contributed by atoms with van der Waals surface area (Å²) in [5.41, 5.74) is 5.89. The van der Waals surface area contributed by atoms with Gasteiger partial charge < -0.3 is 14.8 Å². The molecule has 0 bridgehead atoms. The maximum atomic E-state index is 6.22. The van der Waals surface area contributed by atoms with E-state index in [2.05, 4.69) is 46.7 Å². The van der Waals surface area contributed by atoms with Crippen LogP contribution < -0.4 is 14.8 Å². The molecule has 1 atom stereocenters. The number of nitrogens with one attached hydrogen (secondary N) is 1. The van der Waals surface area contributed by atoms with Gasteiger partial charge in [0.05, 0.1) is 14.2 Å². The molecule has 28 heavy (non-hydrogen) atoms. The topological polar surface area (TPSA) is 43.4 Å². The normalized spacial score (nSPS) is 15.8. The SMILES string of the molecule is COc1cc2c(cc1OC)C(Cc1ccc(-c3cccnc3Cl)cc1)NCC2. The van der Waals surface area contributed by atoms with E-state index in [0.717, 1.165) is 42.0 Å². The van der Waals surface area contributed by atoms with Crippen LogP contribution in [-0.4, -0.2) is 25.7 Å². The fraction of sp³-hybridized carbons (Fsp3) is 0.261. The lowest BCUT2D eigenvalue weighted by Crippen LogP contribution is -2.31. The monoisotopic (exact) mass is 394 g/mol. The highest BCUT2D eigenvalue weighted by atomic mass is 35.5. The van der Waals surface area contributed by atoms with E-state index in [0.29, 0.717) is 5.15 Å². The van der Waals surface area contributed by atoms with Crippen LogP contribution >= 0.6 is 11.6 Å². The summed E-state index contributed by atoms with van der Waals surface area (Å²) >= 11 is 6.22. The summed E-state index contributed by atoms with van der Waals surface area (Å²) in [7, 11) is 3.36. The summed E-state index contributed by atoms with van der Waals surface area (Å²) < 4.78 is 11.0. The molecule has 4 rings (SSSR count). The fourth-order valence-corrected chi connectivity index (χ4v) is 4.04. The van der Waals surface area contributed by atoms with Gasteiger partial charge in [0.25, 0.3) is 0 Å². The molecule has 144 valence electrons. The third kappa shape index (κ3) is 3.71. The second-order valence-electron chi connectivity index (χ2n) is 6.91. The number of pyridine rings is 1. The van der Waals surface area contributed by atoms with E-state index in [9.17, 15) is 0 Å². The average Bonchev–Trinajstić information content (AvgIpc) is 2.74. The van der Waals surface area contributed by atoms with E-state index < -0.39 is 0 Å². The van der Waals surface area contributed by atoms with Crippen molar-refractivity contribution in [3.63, 3.8) is 0 Å². The summed E-state index contributed by atoms with van der Waals surface area (Å²) in [6.07, 6.45) is 3.60. The molecule has 0 fully saturated rings. The Morgan fingerprint density at radius 3 is 2.54 bits per heavy atom. The number of rotatable bonds is 5. The number of nitrogens with zero attached hydrogens (tertiary/aromatic N) is 1. The van der Waals surface area contributed by atoms with E-state index in [-0.39, 0.29) is 6.04 Å². The molecule has 1 N–H and O–H groups in total. The summed E-state index contributed by atoms with van der Waals surface area (Å²) in [5, 5.41) is 4.17. The lowest BCUT2D eigenvalue weighted by Gasteiger charge is -2.28. The molecule has 1 aliphatic rings. The zero-order valence-electron chi connectivity index (χ0n) is 16.0. The molecule has 0 aliphatic carbocycles. The minimum Gasteiger partial charge on any atom is -0.493 e. The highest BCUT2D eigenvalue weighted by Gasteiger charge is 2.23. The minimum atomic E-state index is 0.247.